The molecule has 0 bridgehead atoms. The van der Waals surface area contributed by atoms with Gasteiger partial charge in [-0.3, -0.25) is 4.31 Å². The molecule has 0 saturated carbocycles. The standard InChI is InChI=1S/C25H19FN2O5S/c26-20-10-8-18(9-11-20)24-27-21(15-32-24)16-33-25(29)19-5-3-6-22(14-19)34(30,31)28-13-12-17-4-1-2-7-23(17)28/h1-11,14-15H,12-13,16H2. The van der Waals surface area contributed by atoms with Crippen molar-refractivity contribution in [3.63, 3.8) is 0 Å². The predicted octanol–water partition coefficient (Wildman–Crippen LogP) is 4.59. The molecule has 1 aromatic heterocycles. The quantitative estimate of drug-likeness (QED) is 0.377. The predicted molar refractivity (Wildman–Crippen MR) is 122 cm³/mol. The number of halogens is 1. The monoisotopic (exact) mass is 478 g/mol. The molecule has 0 radical (unpaired) electrons. The summed E-state index contributed by atoms with van der Waals surface area (Å²) in [5.74, 6) is -0.794. The maximum atomic E-state index is 13.2. The third kappa shape index (κ3) is 4.17. The first-order valence-electron chi connectivity index (χ1n) is 10.5. The number of oxazole rings is 1. The highest BCUT2D eigenvalue weighted by atomic mass is 32.2. The van der Waals surface area contributed by atoms with Crippen molar-refractivity contribution in [3.05, 3.63) is 102 Å². The topological polar surface area (TPSA) is 89.7 Å². The lowest BCUT2D eigenvalue weighted by atomic mass is 10.2. The average molecular weight is 479 g/mol. The van der Waals surface area contributed by atoms with Crippen molar-refractivity contribution in [1.29, 1.82) is 0 Å². The number of esters is 1. The Labute approximate surface area is 195 Å². The first-order chi connectivity index (χ1) is 16.4. The van der Waals surface area contributed by atoms with Gasteiger partial charge in [0.2, 0.25) is 5.89 Å². The number of sulfonamides is 1. The van der Waals surface area contributed by atoms with E-state index in [1.54, 1.807) is 12.1 Å². The SMILES string of the molecule is O=C(OCc1coc(-c2ccc(F)cc2)n1)c1cccc(S(=O)(=O)N2CCc3ccccc32)c1. The fourth-order valence-electron chi connectivity index (χ4n) is 3.79. The van der Waals surface area contributed by atoms with E-state index in [0.29, 0.717) is 29.9 Å². The molecule has 9 heteroatoms. The largest absolute Gasteiger partial charge is 0.455 e. The maximum absolute atomic E-state index is 13.2. The van der Waals surface area contributed by atoms with Crippen LogP contribution in [0.2, 0.25) is 0 Å². The van der Waals surface area contributed by atoms with Crippen molar-refractivity contribution >= 4 is 21.7 Å². The number of fused-ring (bicyclic) bond motifs is 1. The summed E-state index contributed by atoms with van der Waals surface area (Å²) in [7, 11) is -3.83. The lowest BCUT2D eigenvalue weighted by molar-refractivity contribution is 0.0467. The summed E-state index contributed by atoms with van der Waals surface area (Å²) in [5, 5.41) is 0. The fourth-order valence-corrected chi connectivity index (χ4v) is 5.34. The number of benzene rings is 3. The molecule has 0 N–H and O–H groups in total. The molecule has 2 heterocycles. The summed E-state index contributed by atoms with van der Waals surface area (Å²) in [6.07, 6.45) is 1.98. The number of aromatic nitrogens is 1. The Morgan fingerprint density at radius 2 is 1.85 bits per heavy atom. The number of rotatable bonds is 6. The van der Waals surface area contributed by atoms with E-state index in [2.05, 4.69) is 4.98 Å². The summed E-state index contributed by atoms with van der Waals surface area (Å²) >= 11 is 0. The Kier molecular flexibility index (Phi) is 5.62. The van der Waals surface area contributed by atoms with Gasteiger partial charge in [-0.05, 0) is 60.5 Å². The van der Waals surface area contributed by atoms with Gasteiger partial charge in [0.25, 0.3) is 10.0 Å². The molecule has 34 heavy (non-hydrogen) atoms. The molecule has 1 aliphatic heterocycles. The first-order valence-corrected chi connectivity index (χ1v) is 11.9. The second kappa shape index (κ2) is 8.75. The number of hydrogen-bond acceptors (Lipinski definition) is 6. The number of anilines is 1. The second-order valence-electron chi connectivity index (χ2n) is 7.71. The van der Waals surface area contributed by atoms with E-state index in [4.69, 9.17) is 9.15 Å². The highest BCUT2D eigenvalue weighted by molar-refractivity contribution is 7.92. The summed E-state index contributed by atoms with van der Waals surface area (Å²) in [4.78, 5) is 16.9. The van der Waals surface area contributed by atoms with E-state index in [1.165, 1.54) is 59.1 Å². The van der Waals surface area contributed by atoms with Gasteiger partial charge in [-0.25, -0.2) is 22.6 Å². The number of hydrogen-bond donors (Lipinski definition) is 0. The molecule has 5 rings (SSSR count). The smallest absolute Gasteiger partial charge is 0.338 e. The molecule has 0 spiro atoms. The van der Waals surface area contributed by atoms with Gasteiger partial charge in [-0.2, -0.15) is 0 Å². The fraction of sp³-hybridized carbons (Fsp3) is 0.120. The van der Waals surface area contributed by atoms with Crippen LogP contribution >= 0.6 is 0 Å². The molecule has 7 nitrogen and oxygen atoms in total. The van der Waals surface area contributed by atoms with Gasteiger partial charge < -0.3 is 9.15 Å². The summed E-state index contributed by atoms with van der Waals surface area (Å²) in [6, 6.07) is 18.8. The molecular weight excluding hydrogens is 459 g/mol. The molecule has 0 saturated heterocycles. The zero-order chi connectivity index (χ0) is 23.7. The molecule has 4 aromatic rings. The number of carbonyl (C=O) groups excluding carboxylic acids is 1. The molecule has 0 aliphatic carbocycles. The van der Waals surface area contributed by atoms with Crippen LogP contribution in [0, 0.1) is 5.82 Å². The third-order valence-corrected chi connectivity index (χ3v) is 7.31. The van der Waals surface area contributed by atoms with Crippen LogP contribution in [-0.4, -0.2) is 25.9 Å². The molecule has 172 valence electrons. The Morgan fingerprint density at radius 1 is 1.06 bits per heavy atom. The highest BCUT2D eigenvalue weighted by Crippen LogP contribution is 2.32. The van der Waals surface area contributed by atoms with Crippen molar-refractivity contribution in [2.75, 3.05) is 10.8 Å². The Hall–Kier alpha value is -3.98. The van der Waals surface area contributed by atoms with Crippen LogP contribution in [0.3, 0.4) is 0 Å². The van der Waals surface area contributed by atoms with Crippen molar-refractivity contribution in [3.8, 4) is 11.5 Å². The van der Waals surface area contributed by atoms with E-state index in [1.807, 2.05) is 12.1 Å². The van der Waals surface area contributed by atoms with E-state index in [0.717, 1.165) is 5.56 Å². The van der Waals surface area contributed by atoms with E-state index in [9.17, 15) is 17.6 Å². The van der Waals surface area contributed by atoms with E-state index < -0.39 is 16.0 Å². The van der Waals surface area contributed by atoms with Crippen LogP contribution in [0.1, 0.15) is 21.6 Å². The highest BCUT2D eigenvalue weighted by Gasteiger charge is 2.31. The number of para-hydroxylation sites is 1. The summed E-state index contributed by atoms with van der Waals surface area (Å²) in [5.41, 5.74) is 2.68. The van der Waals surface area contributed by atoms with Gasteiger partial charge in [0.05, 0.1) is 16.1 Å². The lowest BCUT2D eigenvalue weighted by Gasteiger charge is -2.19. The summed E-state index contributed by atoms with van der Waals surface area (Å²) < 4.78 is 51.6. The number of ether oxygens (including phenoxy) is 1. The first kappa shape index (κ1) is 21.8. The van der Waals surface area contributed by atoms with Crippen LogP contribution in [0.5, 0.6) is 0 Å². The molecule has 1 aliphatic rings. The van der Waals surface area contributed by atoms with Crippen LogP contribution in [-0.2, 0) is 27.8 Å². The molecule has 0 fully saturated rings. The Morgan fingerprint density at radius 3 is 2.68 bits per heavy atom. The Balaban J connectivity index is 1.29. The van der Waals surface area contributed by atoms with Gasteiger partial charge >= 0.3 is 5.97 Å². The molecule has 0 unspecified atom stereocenters. The molecule has 0 atom stereocenters. The van der Waals surface area contributed by atoms with Crippen LogP contribution in [0.25, 0.3) is 11.5 Å². The minimum atomic E-state index is -3.83. The van der Waals surface area contributed by atoms with Gasteiger partial charge in [-0.1, -0.05) is 24.3 Å². The van der Waals surface area contributed by atoms with Crippen LogP contribution in [0.15, 0.2) is 88.4 Å². The number of nitrogens with zero attached hydrogens (tertiary/aromatic N) is 2. The van der Waals surface area contributed by atoms with Gasteiger partial charge in [0.1, 0.15) is 24.4 Å². The second-order valence-corrected chi connectivity index (χ2v) is 9.57. The van der Waals surface area contributed by atoms with Crippen molar-refractivity contribution in [2.24, 2.45) is 0 Å². The van der Waals surface area contributed by atoms with Gasteiger partial charge in [0.15, 0.2) is 0 Å². The number of carbonyl (C=O) groups is 1. The normalized spacial score (nSPS) is 13.0. The molecular formula is C25H19FN2O5S. The molecule has 0 amide bonds. The van der Waals surface area contributed by atoms with Crippen molar-refractivity contribution in [1.82, 2.24) is 4.98 Å². The van der Waals surface area contributed by atoms with Gasteiger partial charge in [-0.15, -0.1) is 0 Å². The van der Waals surface area contributed by atoms with E-state index in [-0.39, 0.29) is 28.8 Å². The maximum Gasteiger partial charge on any atom is 0.338 e. The van der Waals surface area contributed by atoms with Crippen LogP contribution in [0.4, 0.5) is 10.1 Å². The average Bonchev–Trinajstić information content (AvgIpc) is 3.51. The molecule has 3 aromatic carbocycles. The van der Waals surface area contributed by atoms with E-state index >= 15 is 0 Å². The zero-order valence-electron chi connectivity index (χ0n) is 17.8. The lowest BCUT2D eigenvalue weighted by Crippen LogP contribution is -2.29. The van der Waals surface area contributed by atoms with Gasteiger partial charge in [0, 0.05) is 12.1 Å². The van der Waals surface area contributed by atoms with Crippen molar-refractivity contribution in [2.45, 2.75) is 17.9 Å². The van der Waals surface area contributed by atoms with Crippen LogP contribution < -0.4 is 4.31 Å². The minimum Gasteiger partial charge on any atom is -0.455 e. The minimum absolute atomic E-state index is 0.0127. The Bertz CT molecular complexity index is 1460. The zero-order valence-corrected chi connectivity index (χ0v) is 18.7. The third-order valence-electron chi connectivity index (χ3n) is 5.50. The van der Waals surface area contributed by atoms with Crippen molar-refractivity contribution < 1.29 is 26.8 Å². The summed E-state index contributed by atoms with van der Waals surface area (Å²) in [6.45, 7) is 0.179.